The molecule has 0 aliphatic rings. The summed E-state index contributed by atoms with van der Waals surface area (Å²) in [5.41, 5.74) is 1.25. The van der Waals surface area contributed by atoms with Gasteiger partial charge in [-0.3, -0.25) is 0 Å². The van der Waals surface area contributed by atoms with E-state index in [0.717, 1.165) is 0 Å². The molecule has 0 bridgehead atoms. The molecule has 0 fully saturated rings. The molecule has 2 rings (SSSR count). The monoisotopic (exact) mass is 302 g/mol. The lowest BCUT2D eigenvalue weighted by Crippen LogP contribution is -1.98. The molecule has 0 unspecified atom stereocenters. The SMILES string of the molecule is Fc1cc(CCl)cc(OCc2ccc(F)cc2Cl)c1. The summed E-state index contributed by atoms with van der Waals surface area (Å²) in [6.07, 6.45) is 0. The summed E-state index contributed by atoms with van der Waals surface area (Å²) in [5, 5.41) is 0.272. The molecule has 1 nitrogen and oxygen atoms in total. The van der Waals surface area contributed by atoms with Gasteiger partial charge in [-0.15, -0.1) is 11.6 Å². The number of hydrogen-bond donors (Lipinski definition) is 0. The van der Waals surface area contributed by atoms with Gasteiger partial charge in [-0.1, -0.05) is 17.7 Å². The molecule has 0 atom stereocenters. The summed E-state index contributed by atoms with van der Waals surface area (Å²) >= 11 is 11.5. The van der Waals surface area contributed by atoms with Gasteiger partial charge in [-0.25, -0.2) is 8.78 Å². The molecule has 0 aliphatic heterocycles. The first-order valence-electron chi connectivity index (χ1n) is 5.50. The zero-order chi connectivity index (χ0) is 13.8. The van der Waals surface area contributed by atoms with Gasteiger partial charge < -0.3 is 4.74 Å². The molecule has 0 radical (unpaired) electrons. The maximum atomic E-state index is 13.3. The number of benzene rings is 2. The van der Waals surface area contributed by atoms with Crippen LogP contribution in [0.3, 0.4) is 0 Å². The maximum absolute atomic E-state index is 13.3. The Labute approximate surface area is 119 Å². The van der Waals surface area contributed by atoms with Crippen molar-refractivity contribution >= 4 is 23.2 Å². The zero-order valence-electron chi connectivity index (χ0n) is 9.80. The first-order valence-corrected chi connectivity index (χ1v) is 6.42. The van der Waals surface area contributed by atoms with Gasteiger partial charge in [0.2, 0.25) is 0 Å². The minimum absolute atomic E-state index is 0.129. The van der Waals surface area contributed by atoms with Crippen molar-refractivity contribution in [2.24, 2.45) is 0 Å². The Balaban J connectivity index is 2.12. The van der Waals surface area contributed by atoms with Crippen molar-refractivity contribution in [3.05, 3.63) is 64.2 Å². The fourth-order valence-corrected chi connectivity index (χ4v) is 1.96. The van der Waals surface area contributed by atoms with Crippen LogP contribution in [0, 0.1) is 11.6 Å². The van der Waals surface area contributed by atoms with E-state index in [9.17, 15) is 8.78 Å². The molecule has 0 spiro atoms. The standard InChI is InChI=1S/C14H10Cl2F2O/c15-7-9-3-12(18)5-13(4-9)19-8-10-1-2-11(17)6-14(10)16/h1-6H,7-8H2. The summed E-state index contributed by atoms with van der Waals surface area (Å²) in [5.74, 6) is -0.274. The first kappa shape index (κ1) is 14.1. The molecule has 0 saturated heterocycles. The molecule has 2 aromatic carbocycles. The minimum Gasteiger partial charge on any atom is -0.489 e. The van der Waals surface area contributed by atoms with E-state index in [1.807, 2.05) is 0 Å². The van der Waals surface area contributed by atoms with Crippen LogP contribution in [-0.2, 0) is 12.5 Å². The van der Waals surface area contributed by atoms with Crippen molar-refractivity contribution in [1.29, 1.82) is 0 Å². The van der Waals surface area contributed by atoms with E-state index in [-0.39, 0.29) is 17.5 Å². The highest BCUT2D eigenvalue weighted by Gasteiger charge is 2.05. The molecule has 0 amide bonds. The Morgan fingerprint density at radius 1 is 1.00 bits per heavy atom. The van der Waals surface area contributed by atoms with Gasteiger partial charge in [0, 0.05) is 17.5 Å². The Morgan fingerprint density at radius 3 is 2.47 bits per heavy atom. The fourth-order valence-electron chi connectivity index (χ4n) is 1.58. The number of halogens is 4. The summed E-state index contributed by atoms with van der Waals surface area (Å²) in [6.45, 7) is 0.129. The third kappa shape index (κ3) is 3.82. The lowest BCUT2D eigenvalue weighted by atomic mass is 10.2. The summed E-state index contributed by atoms with van der Waals surface area (Å²) < 4.78 is 31.6. The lowest BCUT2D eigenvalue weighted by molar-refractivity contribution is 0.304. The zero-order valence-corrected chi connectivity index (χ0v) is 11.3. The number of hydrogen-bond acceptors (Lipinski definition) is 1. The van der Waals surface area contributed by atoms with E-state index in [0.29, 0.717) is 16.9 Å². The van der Waals surface area contributed by atoms with E-state index < -0.39 is 11.6 Å². The number of alkyl halides is 1. The van der Waals surface area contributed by atoms with Crippen LogP contribution in [0.2, 0.25) is 5.02 Å². The summed E-state index contributed by atoms with van der Waals surface area (Å²) in [4.78, 5) is 0. The van der Waals surface area contributed by atoms with Crippen LogP contribution in [0.5, 0.6) is 5.75 Å². The molecule has 2 aromatic rings. The maximum Gasteiger partial charge on any atom is 0.127 e. The number of rotatable bonds is 4. The van der Waals surface area contributed by atoms with Crippen molar-refractivity contribution in [2.45, 2.75) is 12.5 Å². The number of ether oxygens (including phenoxy) is 1. The smallest absolute Gasteiger partial charge is 0.127 e. The Hall–Kier alpha value is -1.32. The van der Waals surface area contributed by atoms with E-state index in [2.05, 4.69) is 0 Å². The second kappa shape index (κ2) is 6.22. The van der Waals surface area contributed by atoms with Crippen LogP contribution in [0.4, 0.5) is 8.78 Å². The van der Waals surface area contributed by atoms with Crippen LogP contribution in [0.25, 0.3) is 0 Å². The van der Waals surface area contributed by atoms with Gasteiger partial charge in [0.25, 0.3) is 0 Å². The molecule has 0 aliphatic carbocycles. The molecule has 5 heteroatoms. The third-order valence-electron chi connectivity index (χ3n) is 2.49. The first-order chi connectivity index (χ1) is 9.08. The van der Waals surface area contributed by atoms with Crippen LogP contribution < -0.4 is 4.74 Å². The molecule has 0 heterocycles. The summed E-state index contributed by atoms with van der Waals surface area (Å²) in [6, 6.07) is 8.27. The average Bonchev–Trinajstić information content (AvgIpc) is 2.37. The lowest BCUT2D eigenvalue weighted by Gasteiger charge is -2.09. The van der Waals surface area contributed by atoms with Gasteiger partial charge in [0.05, 0.1) is 5.02 Å². The largest absolute Gasteiger partial charge is 0.489 e. The van der Waals surface area contributed by atoms with Crippen molar-refractivity contribution in [3.8, 4) is 5.75 Å². The van der Waals surface area contributed by atoms with Crippen molar-refractivity contribution in [2.75, 3.05) is 0 Å². The van der Waals surface area contributed by atoms with Gasteiger partial charge in [0.1, 0.15) is 24.0 Å². The highest BCUT2D eigenvalue weighted by Crippen LogP contribution is 2.22. The quantitative estimate of drug-likeness (QED) is 0.727. The second-order valence-electron chi connectivity index (χ2n) is 3.95. The average molecular weight is 303 g/mol. The Morgan fingerprint density at radius 2 is 1.79 bits per heavy atom. The predicted octanol–water partition coefficient (Wildman–Crippen LogP) is 4.94. The highest BCUT2D eigenvalue weighted by molar-refractivity contribution is 6.31. The predicted molar refractivity (Wildman–Crippen MR) is 71.7 cm³/mol. The van der Waals surface area contributed by atoms with Crippen LogP contribution in [0.1, 0.15) is 11.1 Å². The van der Waals surface area contributed by atoms with E-state index in [4.69, 9.17) is 27.9 Å². The third-order valence-corrected chi connectivity index (χ3v) is 3.16. The van der Waals surface area contributed by atoms with E-state index in [1.54, 1.807) is 6.07 Å². The fraction of sp³-hybridized carbons (Fsp3) is 0.143. The van der Waals surface area contributed by atoms with Gasteiger partial charge in [-0.05, 0) is 29.8 Å². The molecule has 100 valence electrons. The van der Waals surface area contributed by atoms with E-state index in [1.165, 1.54) is 30.3 Å². The topological polar surface area (TPSA) is 9.23 Å². The van der Waals surface area contributed by atoms with Crippen molar-refractivity contribution < 1.29 is 13.5 Å². The van der Waals surface area contributed by atoms with Crippen molar-refractivity contribution in [1.82, 2.24) is 0 Å². The molecule has 0 saturated carbocycles. The molecule has 0 aromatic heterocycles. The van der Waals surface area contributed by atoms with Crippen LogP contribution >= 0.6 is 23.2 Å². The summed E-state index contributed by atoms with van der Waals surface area (Å²) in [7, 11) is 0. The second-order valence-corrected chi connectivity index (χ2v) is 4.63. The normalized spacial score (nSPS) is 10.5. The van der Waals surface area contributed by atoms with E-state index >= 15 is 0 Å². The molecular formula is C14H10Cl2F2O. The molecule has 19 heavy (non-hydrogen) atoms. The van der Waals surface area contributed by atoms with Gasteiger partial charge >= 0.3 is 0 Å². The molecule has 0 N–H and O–H groups in total. The van der Waals surface area contributed by atoms with Gasteiger partial charge in [-0.2, -0.15) is 0 Å². The van der Waals surface area contributed by atoms with Crippen LogP contribution in [-0.4, -0.2) is 0 Å². The van der Waals surface area contributed by atoms with Crippen LogP contribution in [0.15, 0.2) is 36.4 Å². The molecular weight excluding hydrogens is 293 g/mol. The minimum atomic E-state index is -0.418. The Kier molecular flexibility index (Phi) is 4.61. The van der Waals surface area contributed by atoms with Crippen molar-refractivity contribution in [3.63, 3.8) is 0 Å². The highest BCUT2D eigenvalue weighted by atomic mass is 35.5. The Bertz CT molecular complexity index is 588. The van der Waals surface area contributed by atoms with Gasteiger partial charge in [0.15, 0.2) is 0 Å².